The first-order chi connectivity index (χ1) is 11.0. The molecular weight excluding hydrogens is 314 g/mol. The highest BCUT2D eigenvalue weighted by molar-refractivity contribution is 7.10. The normalized spacial score (nSPS) is 27.6. The van der Waals surface area contributed by atoms with Crippen LogP contribution in [0.2, 0.25) is 0 Å². The summed E-state index contributed by atoms with van der Waals surface area (Å²) in [5.41, 5.74) is -0.466. The average Bonchev–Trinajstić information content (AvgIpc) is 3.09. The third-order valence-corrected chi connectivity index (χ3v) is 6.01. The van der Waals surface area contributed by atoms with Gasteiger partial charge in [0.1, 0.15) is 0 Å². The number of carbonyl (C=O) groups excluding carboxylic acids is 1. The lowest BCUT2D eigenvalue weighted by Gasteiger charge is -2.43. The van der Waals surface area contributed by atoms with Gasteiger partial charge in [-0.3, -0.25) is 4.79 Å². The molecule has 3 rings (SSSR count). The van der Waals surface area contributed by atoms with Gasteiger partial charge in [-0.1, -0.05) is 25.3 Å². The van der Waals surface area contributed by atoms with Crippen LogP contribution in [0, 0.1) is 0 Å². The minimum atomic E-state index is -0.997. The predicted octanol–water partition coefficient (Wildman–Crippen LogP) is 2.65. The van der Waals surface area contributed by atoms with E-state index < -0.39 is 17.5 Å². The highest BCUT2D eigenvalue weighted by Gasteiger charge is 2.46. The Morgan fingerprint density at radius 2 is 2.04 bits per heavy atom. The summed E-state index contributed by atoms with van der Waals surface area (Å²) in [5.74, 6) is -0.913. The zero-order valence-electron chi connectivity index (χ0n) is 13.4. The maximum atomic E-state index is 13.4. The lowest BCUT2D eigenvalue weighted by molar-refractivity contribution is -0.168. The smallest absolute Gasteiger partial charge is 0.334 e. The van der Waals surface area contributed by atoms with Crippen LogP contribution in [-0.4, -0.2) is 47.2 Å². The van der Waals surface area contributed by atoms with E-state index in [1.165, 1.54) is 0 Å². The maximum absolute atomic E-state index is 13.4. The minimum absolute atomic E-state index is 0.0843. The summed E-state index contributed by atoms with van der Waals surface area (Å²) in [7, 11) is 0. The van der Waals surface area contributed by atoms with E-state index in [0.717, 1.165) is 37.0 Å². The lowest BCUT2D eigenvalue weighted by atomic mass is 9.71. The van der Waals surface area contributed by atoms with Crippen molar-refractivity contribution < 1.29 is 19.4 Å². The van der Waals surface area contributed by atoms with Crippen molar-refractivity contribution in [2.45, 2.75) is 56.7 Å². The van der Waals surface area contributed by atoms with Crippen LogP contribution in [0.15, 0.2) is 17.5 Å². The number of nitrogens with zero attached hydrogens (tertiary/aromatic N) is 1. The molecule has 0 bridgehead atoms. The molecule has 1 unspecified atom stereocenters. The van der Waals surface area contributed by atoms with Crippen molar-refractivity contribution in [2.75, 3.05) is 13.1 Å². The van der Waals surface area contributed by atoms with E-state index in [-0.39, 0.29) is 18.6 Å². The number of thiophene rings is 1. The van der Waals surface area contributed by atoms with Crippen molar-refractivity contribution in [3.8, 4) is 0 Å². The number of morpholine rings is 1. The first kappa shape index (κ1) is 16.5. The maximum Gasteiger partial charge on any atom is 0.334 e. The van der Waals surface area contributed by atoms with E-state index in [0.29, 0.717) is 6.54 Å². The van der Waals surface area contributed by atoms with Gasteiger partial charge in [0.25, 0.3) is 0 Å². The summed E-state index contributed by atoms with van der Waals surface area (Å²) in [5, 5.41) is 11.3. The highest BCUT2D eigenvalue weighted by Crippen LogP contribution is 2.43. The second kappa shape index (κ2) is 6.61. The van der Waals surface area contributed by atoms with Crippen molar-refractivity contribution in [3.05, 3.63) is 22.4 Å². The molecule has 6 heteroatoms. The van der Waals surface area contributed by atoms with E-state index in [2.05, 4.69) is 0 Å². The van der Waals surface area contributed by atoms with Gasteiger partial charge < -0.3 is 14.7 Å². The number of aliphatic carboxylic acids is 1. The number of amides is 1. The topological polar surface area (TPSA) is 66.8 Å². The number of carboxylic acids is 1. The SMILES string of the molecule is C[C@@H]1CN(C(=O)C2(c3cccs3)CCCCC2)CC(C(=O)O)O1. The molecule has 2 atom stereocenters. The molecule has 2 fully saturated rings. The van der Waals surface area contributed by atoms with E-state index in [4.69, 9.17) is 4.74 Å². The molecule has 0 radical (unpaired) electrons. The zero-order chi connectivity index (χ0) is 16.4. The Morgan fingerprint density at radius 3 is 2.65 bits per heavy atom. The molecule has 1 amide bonds. The summed E-state index contributed by atoms with van der Waals surface area (Å²) in [6, 6.07) is 4.04. The molecule has 2 heterocycles. The summed E-state index contributed by atoms with van der Waals surface area (Å²) in [6.45, 7) is 2.44. The van der Waals surface area contributed by atoms with E-state index in [1.807, 2.05) is 24.4 Å². The quantitative estimate of drug-likeness (QED) is 0.921. The van der Waals surface area contributed by atoms with Crippen molar-refractivity contribution in [1.29, 1.82) is 0 Å². The molecule has 1 aliphatic carbocycles. The van der Waals surface area contributed by atoms with Gasteiger partial charge in [0, 0.05) is 11.4 Å². The fourth-order valence-electron chi connectivity index (χ4n) is 3.83. The molecule has 1 N–H and O–H groups in total. The Balaban J connectivity index is 1.87. The van der Waals surface area contributed by atoms with Crippen LogP contribution in [0.5, 0.6) is 0 Å². The van der Waals surface area contributed by atoms with Gasteiger partial charge in [0.15, 0.2) is 6.10 Å². The van der Waals surface area contributed by atoms with Gasteiger partial charge in [-0.05, 0) is 31.2 Å². The molecule has 126 valence electrons. The monoisotopic (exact) mass is 337 g/mol. The summed E-state index contributed by atoms with van der Waals surface area (Å²) < 4.78 is 5.45. The second-order valence-electron chi connectivity index (χ2n) is 6.60. The van der Waals surface area contributed by atoms with Gasteiger partial charge in [-0.15, -0.1) is 11.3 Å². The third-order valence-electron chi connectivity index (χ3n) is 4.93. The lowest BCUT2D eigenvalue weighted by Crippen LogP contribution is -2.57. The number of carboxylic acid groups (broad SMARTS) is 1. The molecule has 23 heavy (non-hydrogen) atoms. The Labute approximate surface area is 140 Å². The van der Waals surface area contributed by atoms with E-state index in [1.54, 1.807) is 16.2 Å². The van der Waals surface area contributed by atoms with Gasteiger partial charge in [0.05, 0.1) is 18.1 Å². The number of ether oxygens (including phenoxy) is 1. The number of carbonyl (C=O) groups is 2. The molecular formula is C17H23NO4S. The fraction of sp³-hybridized carbons (Fsp3) is 0.647. The van der Waals surface area contributed by atoms with Crippen LogP contribution < -0.4 is 0 Å². The summed E-state index contributed by atoms with van der Waals surface area (Å²) >= 11 is 1.63. The van der Waals surface area contributed by atoms with Crippen molar-refractivity contribution in [1.82, 2.24) is 4.90 Å². The largest absolute Gasteiger partial charge is 0.479 e. The molecule has 1 saturated carbocycles. The van der Waals surface area contributed by atoms with Crippen LogP contribution in [0.1, 0.15) is 43.9 Å². The Hall–Kier alpha value is -1.40. The van der Waals surface area contributed by atoms with Crippen LogP contribution >= 0.6 is 11.3 Å². The third kappa shape index (κ3) is 3.15. The Kier molecular flexibility index (Phi) is 4.73. The zero-order valence-corrected chi connectivity index (χ0v) is 14.2. The Bertz CT molecular complexity index is 565. The molecule has 1 aliphatic heterocycles. The molecule has 1 aromatic heterocycles. The molecule has 5 nitrogen and oxygen atoms in total. The first-order valence-corrected chi connectivity index (χ1v) is 9.12. The van der Waals surface area contributed by atoms with E-state index in [9.17, 15) is 14.7 Å². The minimum Gasteiger partial charge on any atom is -0.479 e. The van der Waals surface area contributed by atoms with Crippen LogP contribution in [-0.2, 0) is 19.7 Å². The first-order valence-electron chi connectivity index (χ1n) is 8.24. The average molecular weight is 337 g/mol. The van der Waals surface area contributed by atoms with Crippen molar-refractivity contribution >= 4 is 23.2 Å². The standard InChI is InChI=1S/C17H23NO4S/c1-12-10-18(11-13(22-12)15(19)20)16(21)17(7-3-2-4-8-17)14-6-5-9-23-14/h5-6,9,12-13H,2-4,7-8,10-11H2,1H3,(H,19,20)/t12-,13?/m1/s1. The van der Waals surface area contributed by atoms with Gasteiger partial charge in [-0.25, -0.2) is 4.79 Å². The number of hydrogen-bond acceptors (Lipinski definition) is 4. The predicted molar refractivity (Wildman–Crippen MR) is 87.6 cm³/mol. The van der Waals surface area contributed by atoms with Crippen molar-refractivity contribution in [2.24, 2.45) is 0 Å². The van der Waals surface area contributed by atoms with Crippen LogP contribution in [0.4, 0.5) is 0 Å². The van der Waals surface area contributed by atoms with E-state index >= 15 is 0 Å². The fourth-order valence-corrected chi connectivity index (χ4v) is 4.81. The van der Waals surface area contributed by atoms with Gasteiger partial charge in [-0.2, -0.15) is 0 Å². The molecule has 1 aromatic rings. The van der Waals surface area contributed by atoms with Crippen LogP contribution in [0.3, 0.4) is 0 Å². The molecule has 0 aromatic carbocycles. The van der Waals surface area contributed by atoms with Gasteiger partial charge in [0.2, 0.25) is 5.91 Å². The number of rotatable bonds is 3. The van der Waals surface area contributed by atoms with Gasteiger partial charge >= 0.3 is 5.97 Å². The molecule has 2 aliphatic rings. The molecule has 1 saturated heterocycles. The highest BCUT2D eigenvalue weighted by atomic mass is 32.1. The second-order valence-corrected chi connectivity index (χ2v) is 7.55. The Morgan fingerprint density at radius 1 is 1.30 bits per heavy atom. The van der Waals surface area contributed by atoms with Crippen LogP contribution in [0.25, 0.3) is 0 Å². The summed E-state index contributed by atoms with van der Waals surface area (Å²) in [4.78, 5) is 27.5. The summed E-state index contributed by atoms with van der Waals surface area (Å²) in [6.07, 6.45) is 3.80. The van der Waals surface area contributed by atoms with Crippen molar-refractivity contribution in [3.63, 3.8) is 0 Å². The number of hydrogen-bond donors (Lipinski definition) is 1. The molecule has 0 spiro atoms.